The number of benzene rings is 2. The second-order valence-corrected chi connectivity index (χ2v) is 9.24. The van der Waals surface area contributed by atoms with Crippen molar-refractivity contribution < 1.29 is 9.59 Å². The smallest absolute Gasteiger partial charge is 0.315 e. The zero-order chi connectivity index (χ0) is 24.2. The molecule has 1 aromatic heterocycles. The molecular formula is C25H30ClN5O2. The van der Waals surface area contributed by atoms with E-state index < -0.39 is 0 Å². The second-order valence-electron chi connectivity index (χ2n) is 8.84. The van der Waals surface area contributed by atoms with Gasteiger partial charge in [-0.05, 0) is 37.6 Å². The Balaban J connectivity index is 1.80. The average molecular weight is 468 g/mol. The Labute approximate surface area is 199 Å². The van der Waals surface area contributed by atoms with E-state index in [2.05, 4.69) is 10.6 Å². The molecule has 33 heavy (non-hydrogen) atoms. The maximum absolute atomic E-state index is 12.9. The number of aromatic nitrogens is 2. The Bertz CT molecular complexity index is 1150. The number of halogens is 1. The molecule has 0 spiro atoms. The molecule has 174 valence electrons. The maximum atomic E-state index is 12.9. The number of nitrogens with zero attached hydrogens (tertiary/aromatic N) is 3. The quantitative estimate of drug-likeness (QED) is 0.493. The highest BCUT2D eigenvalue weighted by molar-refractivity contribution is 6.32. The summed E-state index contributed by atoms with van der Waals surface area (Å²) in [4.78, 5) is 27.1. The first-order chi connectivity index (χ1) is 15.6. The van der Waals surface area contributed by atoms with Crippen LogP contribution in [-0.2, 0) is 10.2 Å². The van der Waals surface area contributed by atoms with Gasteiger partial charge in [0.15, 0.2) is 0 Å². The lowest BCUT2D eigenvalue weighted by Gasteiger charge is -2.21. The molecule has 0 radical (unpaired) electrons. The summed E-state index contributed by atoms with van der Waals surface area (Å²) in [5.74, 6) is 0.166. The van der Waals surface area contributed by atoms with Crippen LogP contribution in [0.15, 0.2) is 54.6 Å². The molecule has 0 aliphatic rings. The largest absolute Gasteiger partial charge is 0.322 e. The minimum absolute atomic E-state index is 0.104. The van der Waals surface area contributed by atoms with E-state index in [1.807, 2.05) is 83.1 Å². The molecule has 0 unspecified atom stereocenters. The van der Waals surface area contributed by atoms with Gasteiger partial charge in [0.1, 0.15) is 12.4 Å². The highest BCUT2D eigenvalue weighted by Crippen LogP contribution is 2.29. The third-order valence-corrected chi connectivity index (χ3v) is 5.54. The van der Waals surface area contributed by atoms with Gasteiger partial charge in [-0.3, -0.25) is 4.79 Å². The molecule has 0 atom stereocenters. The van der Waals surface area contributed by atoms with Crippen LogP contribution in [0.25, 0.3) is 5.69 Å². The molecule has 1 heterocycles. The summed E-state index contributed by atoms with van der Waals surface area (Å²) < 4.78 is 1.63. The third-order valence-electron chi connectivity index (χ3n) is 5.22. The predicted octanol–water partition coefficient (Wildman–Crippen LogP) is 5.62. The molecule has 8 heteroatoms. The molecule has 0 fully saturated rings. The second kappa shape index (κ2) is 10.1. The average Bonchev–Trinajstić information content (AvgIpc) is 3.18. The van der Waals surface area contributed by atoms with Gasteiger partial charge in [0.2, 0.25) is 5.91 Å². The summed E-state index contributed by atoms with van der Waals surface area (Å²) in [7, 11) is 0. The van der Waals surface area contributed by atoms with E-state index in [-0.39, 0.29) is 23.9 Å². The van der Waals surface area contributed by atoms with Crippen molar-refractivity contribution in [1.82, 2.24) is 14.7 Å². The molecule has 3 aromatic rings. The number of hydrogen-bond donors (Lipinski definition) is 2. The van der Waals surface area contributed by atoms with E-state index in [1.165, 1.54) is 4.90 Å². The molecule has 2 aromatic carbocycles. The number of hydrogen-bond acceptors (Lipinski definition) is 3. The van der Waals surface area contributed by atoms with Gasteiger partial charge in [-0.2, -0.15) is 5.10 Å². The highest BCUT2D eigenvalue weighted by atomic mass is 35.5. The van der Waals surface area contributed by atoms with Crippen molar-refractivity contribution in [2.75, 3.05) is 23.7 Å². The highest BCUT2D eigenvalue weighted by Gasteiger charge is 2.23. The minimum Gasteiger partial charge on any atom is -0.315 e. The maximum Gasteiger partial charge on any atom is 0.322 e. The third kappa shape index (κ3) is 5.93. The van der Waals surface area contributed by atoms with Crippen molar-refractivity contribution in [2.45, 2.75) is 40.0 Å². The summed E-state index contributed by atoms with van der Waals surface area (Å²) in [6.07, 6.45) is 0. The van der Waals surface area contributed by atoms with Gasteiger partial charge >= 0.3 is 6.03 Å². The Morgan fingerprint density at radius 2 is 1.73 bits per heavy atom. The van der Waals surface area contributed by atoms with E-state index in [0.29, 0.717) is 28.8 Å². The summed E-state index contributed by atoms with van der Waals surface area (Å²) in [5, 5.41) is 11.0. The van der Waals surface area contributed by atoms with Crippen LogP contribution in [0.5, 0.6) is 0 Å². The van der Waals surface area contributed by atoms with Gasteiger partial charge in [0.25, 0.3) is 0 Å². The molecule has 0 saturated heterocycles. The van der Waals surface area contributed by atoms with Crippen molar-refractivity contribution in [3.63, 3.8) is 0 Å². The number of urea groups is 1. The van der Waals surface area contributed by atoms with E-state index in [9.17, 15) is 9.59 Å². The summed E-state index contributed by atoms with van der Waals surface area (Å²) >= 11 is 6.39. The van der Waals surface area contributed by atoms with E-state index in [0.717, 1.165) is 11.3 Å². The zero-order valence-corrected chi connectivity index (χ0v) is 20.4. The first kappa shape index (κ1) is 24.3. The van der Waals surface area contributed by atoms with Crippen molar-refractivity contribution in [1.29, 1.82) is 0 Å². The van der Waals surface area contributed by atoms with Crippen LogP contribution in [0, 0.1) is 6.92 Å². The van der Waals surface area contributed by atoms with Crippen molar-refractivity contribution in [3.05, 3.63) is 70.9 Å². The number of amides is 3. The molecule has 2 N–H and O–H groups in total. The van der Waals surface area contributed by atoms with Crippen LogP contribution in [0.1, 0.15) is 39.0 Å². The van der Waals surface area contributed by atoms with Gasteiger partial charge < -0.3 is 15.5 Å². The van der Waals surface area contributed by atoms with Crippen LogP contribution >= 0.6 is 11.6 Å². The van der Waals surface area contributed by atoms with Crippen molar-refractivity contribution in [2.24, 2.45) is 0 Å². The van der Waals surface area contributed by atoms with Crippen LogP contribution < -0.4 is 10.6 Å². The molecule has 0 aliphatic heterocycles. The number of nitrogens with one attached hydrogen (secondary N) is 2. The van der Waals surface area contributed by atoms with Crippen LogP contribution in [0.4, 0.5) is 16.3 Å². The summed E-state index contributed by atoms with van der Waals surface area (Å²) in [6, 6.07) is 16.3. The van der Waals surface area contributed by atoms with Crippen molar-refractivity contribution >= 4 is 35.0 Å². The predicted molar refractivity (Wildman–Crippen MR) is 133 cm³/mol. The molecule has 0 bridgehead atoms. The van der Waals surface area contributed by atoms with Crippen LogP contribution in [0.2, 0.25) is 5.02 Å². The fraction of sp³-hybridized carbons (Fsp3) is 0.320. The molecule has 0 aliphatic carbocycles. The molecular weight excluding hydrogens is 438 g/mol. The van der Waals surface area contributed by atoms with Gasteiger partial charge in [-0.25, -0.2) is 9.48 Å². The number of aryl methyl sites for hydroxylation is 1. The monoisotopic (exact) mass is 467 g/mol. The number of para-hydroxylation sites is 2. The summed E-state index contributed by atoms with van der Waals surface area (Å²) in [6.45, 7) is 10.2. The number of anilines is 2. The lowest BCUT2D eigenvalue weighted by molar-refractivity contribution is -0.116. The van der Waals surface area contributed by atoms with Gasteiger partial charge in [-0.1, -0.05) is 62.7 Å². The molecule has 3 rings (SSSR count). The Morgan fingerprint density at radius 1 is 1.06 bits per heavy atom. The SMILES string of the molecule is CCN(CC(=O)Nc1cc(C(C)(C)C)nn1-c1ccccc1Cl)C(=O)Nc1ccccc1C. The topological polar surface area (TPSA) is 79.3 Å². The first-order valence-electron chi connectivity index (χ1n) is 10.9. The normalized spacial score (nSPS) is 11.2. The fourth-order valence-electron chi connectivity index (χ4n) is 3.23. The van der Waals surface area contributed by atoms with E-state index in [1.54, 1.807) is 10.7 Å². The fourth-order valence-corrected chi connectivity index (χ4v) is 3.45. The van der Waals surface area contributed by atoms with Gasteiger partial charge in [0, 0.05) is 23.7 Å². The standard InChI is InChI=1S/C25H30ClN5O2/c1-6-30(24(33)27-19-13-9-7-11-17(19)2)16-23(32)28-22-15-21(25(3,4)5)29-31(22)20-14-10-8-12-18(20)26/h7-15H,6,16H2,1-5H3,(H,27,33)(H,28,32). The number of rotatable bonds is 6. The van der Waals surface area contributed by atoms with Crippen LogP contribution in [0.3, 0.4) is 0 Å². The van der Waals surface area contributed by atoms with Gasteiger partial charge in [0.05, 0.1) is 16.4 Å². The Hall–Kier alpha value is -3.32. The Kier molecular flexibility index (Phi) is 7.43. The molecule has 7 nitrogen and oxygen atoms in total. The number of carbonyl (C=O) groups is 2. The molecule has 3 amide bonds. The first-order valence-corrected chi connectivity index (χ1v) is 11.2. The van der Waals surface area contributed by atoms with E-state index >= 15 is 0 Å². The van der Waals surface area contributed by atoms with E-state index in [4.69, 9.17) is 16.7 Å². The zero-order valence-electron chi connectivity index (χ0n) is 19.6. The number of likely N-dealkylation sites (N-methyl/N-ethyl adjacent to an activating group) is 1. The van der Waals surface area contributed by atoms with Gasteiger partial charge in [-0.15, -0.1) is 0 Å². The lowest BCUT2D eigenvalue weighted by atomic mass is 9.92. The lowest BCUT2D eigenvalue weighted by Crippen LogP contribution is -2.40. The Morgan fingerprint density at radius 3 is 2.36 bits per heavy atom. The minimum atomic E-state index is -0.336. The number of carbonyl (C=O) groups excluding carboxylic acids is 2. The van der Waals surface area contributed by atoms with Crippen LogP contribution in [-0.4, -0.2) is 39.7 Å². The van der Waals surface area contributed by atoms with Crippen molar-refractivity contribution in [3.8, 4) is 5.69 Å². The molecule has 0 saturated carbocycles. The summed E-state index contributed by atoms with van der Waals surface area (Å²) in [5.41, 5.74) is 2.91.